The number of phenolic OH excluding ortho intramolecular Hbond substituents is 3. The number of carbonyl (C=O) groups is 1. The fraction of sp³-hybridized carbons (Fsp3) is 0.381. The van der Waals surface area contributed by atoms with Crippen molar-refractivity contribution in [3.63, 3.8) is 0 Å². The molecular formula is C21H22O11. The van der Waals surface area contributed by atoms with Crippen LogP contribution in [0, 0.1) is 0 Å². The van der Waals surface area contributed by atoms with Gasteiger partial charge in [-0.2, -0.15) is 0 Å². The maximum Gasteiger partial charge on any atom is 0.203 e. The van der Waals surface area contributed by atoms with Gasteiger partial charge < -0.3 is 50.0 Å². The average molecular weight is 450 g/mol. The Hall–Kier alpha value is -2.93. The number of fused-ring (bicyclic) bond motifs is 1. The SMILES string of the molecule is O=C1c2c(O)cc(O)cc2OC(c2ccc(O)cc2)C1OC1O[C@H](CO)[C@@H](O)[C@H](O)[C@H]1O. The van der Waals surface area contributed by atoms with Gasteiger partial charge in [-0.25, -0.2) is 0 Å². The van der Waals surface area contributed by atoms with Gasteiger partial charge in [0.05, 0.1) is 6.61 Å². The van der Waals surface area contributed by atoms with Gasteiger partial charge in [0.15, 0.2) is 18.5 Å². The molecule has 0 aromatic heterocycles. The highest BCUT2D eigenvalue weighted by Gasteiger charge is 2.49. The van der Waals surface area contributed by atoms with Crippen LogP contribution >= 0.6 is 0 Å². The summed E-state index contributed by atoms with van der Waals surface area (Å²) in [5.74, 6) is -1.82. The molecule has 2 aliphatic rings. The molecule has 7 N–H and O–H groups in total. The lowest BCUT2D eigenvalue weighted by atomic mass is 9.92. The van der Waals surface area contributed by atoms with Crippen LogP contribution in [-0.4, -0.2) is 84.9 Å². The molecular weight excluding hydrogens is 428 g/mol. The van der Waals surface area contributed by atoms with Crippen LogP contribution < -0.4 is 4.74 Å². The number of hydrogen-bond acceptors (Lipinski definition) is 11. The molecule has 0 amide bonds. The van der Waals surface area contributed by atoms with Gasteiger partial charge in [0.1, 0.15) is 53.0 Å². The minimum absolute atomic E-state index is 0.0435. The summed E-state index contributed by atoms with van der Waals surface area (Å²) in [5, 5.41) is 69.2. The summed E-state index contributed by atoms with van der Waals surface area (Å²) in [6.07, 6.45) is -10.7. The zero-order chi connectivity index (χ0) is 23.2. The van der Waals surface area contributed by atoms with E-state index in [1.165, 1.54) is 24.3 Å². The molecule has 0 aliphatic carbocycles. The van der Waals surface area contributed by atoms with E-state index in [0.717, 1.165) is 12.1 Å². The molecule has 0 bridgehead atoms. The van der Waals surface area contributed by atoms with Gasteiger partial charge in [0.25, 0.3) is 0 Å². The highest BCUT2D eigenvalue weighted by molar-refractivity contribution is 6.05. The molecule has 7 atom stereocenters. The highest BCUT2D eigenvalue weighted by Crippen LogP contribution is 2.43. The number of aromatic hydroxyl groups is 3. The molecule has 2 aromatic carbocycles. The van der Waals surface area contributed by atoms with Gasteiger partial charge in [0.2, 0.25) is 5.78 Å². The molecule has 3 unspecified atom stereocenters. The maximum absolute atomic E-state index is 13.3. The van der Waals surface area contributed by atoms with Gasteiger partial charge >= 0.3 is 0 Å². The average Bonchev–Trinajstić information content (AvgIpc) is 2.75. The van der Waals surface area contributed by atoms with Crippen molar-refractivity contribution in [1.82, 2.24) is 0 Å². The first-order valence-electron chi connectivity index (χ1n) is 9.73. The Morgan fingerprint density at radius 2 is 1.59 bits per heavy atom. The predicted molar refractivity (Wildman–Crippen MR) is 104 cm³/mol. The number of carbonyl (C=O) groups excluding carboxylic acids is 1. The van der Waals surface area contributed by atoms with Crippen LogP contribution in [0.15, 0.2) is 36.4 Å². The third-order valence-electron chi connectivity index (χ3n) is 5.45. The Morgan fingerprint density at radius 3 is 2.25 bits per heavy atom. The molecule has 32 heavy (non-hydrogen) atoms. The van der Waals surface area contributed by atoms with Gasteiger partial charge in [-0.3, -0.25) is 4.79 Å². The van der Waals surface area contributed by atoms with Crippen molar-refractivity contribution in [3.8, 4) is 23.0 Å². The van der Waals surface area contributed by atoms with Gasteiger partial charge in [-0.1, -0.05) is 12.1 Å². The van der Waals surface area contributed by atoms with Crippen molar-refractivity contribution in [2.45, 2.75) is 42.9 Å². The zero-order valence-corrected chi connectivity index (χ0v) is 16.5. The summed E-state index contributed by atoms with van der Waals surface area (Å²) in [5.41, 5.74) is 0.103. The summed E-state index contributed by atoms with van der Waals surface area (Å²) in [6.45, 7) is -0.690. The summed E-state index contributed by atoms with van der Waals surface area (Å²) in [7, 11) is 0. The molecule has 0 saturated carbocycles. The number of ketones is 1. The smallest absolute Gasteiger partial charge is 0.203 e. The Labute approximate surface area is 181 Å². The number of hydrogen-bond donors (Lipinski definition) is 7. The maximum atomic E-state index is 13.3. The van der Waals surface area contributed by atoms with Crippen LogP contribution in [0.5, 0.6) is 23.0 Å². The van der Waals surface area contributed by atoms with E-state index in [4.69, 9.17) is 14.2 Å². The lowest BCUT2D eigenvalue weighted by Gasteiger charge is -2.42. The van der Waals surface area contributed by atoms with E-state index in [1.54, 1.807) is 0 Å². The standard InChI is InChI=1S/C21H22O11/c22-7-13-15(26)17(28)18(29)21(31-13)32-20-16(27)14-11(25)5-10(24)6-12(14)30-19(20)8-1-3-9(23)4-2-8/h1-6,13,15,17-26,28-29H,7H2/t13-,15-,17+,18-,19?,20?,21?/m1/s1. The fourth-order valence-electron chi connectivity index (χ4n) is 3.77. The minimum atomic E-state index is -1.77. The fourth-order valence-corrected chi connectivity index (χ4v) is 3.77. The number of phenols is 3. The Bertz CT molecular complexity index is 990. The topological polar surface area (TPSA) is 186 Å². The van der Waals surface area contributed by atoms with E-state index in [-0.39, 0.29) is 22.8 Å². The van der Waals surface area contributed by atoms with Crippen LogP contribution in [0.25, 0.3) is 0 Å². The molecule has 1 saturated heterocycles. The van der Waals surface area contributed by atoms with E-state index in [0.29, 0.717) is 5.56 Å². The number of aliphatic hydroxyl groups excluding tert-OH is 4. The predicted octanol–water partition coefficient (Wildman–Crippen LogP) is -0.695. The Kier molecular flexibility index (Phi) is 5.95. The van der Waals surface area contributed by atoms with E-state index in [9.17, 15) is 40.5 Å². The lowest BCUT2D eigenvalue weighted by molar-refractivity contribution is -0.311. The molecule has 4 rings (SSSR count). The number of Topliss-reactive ketones (excluding diaryl/α,β-unsaturated/α-hetero) is 1. The zero-order valence-electron chi connectivity index (χ0n) is 16.5. The van der Waals surface area contributed by atoms with Gasteiger partial charge in [-0.15, -0.1) is 0 Å². The van der Waals surface area contributed by atoms with Gasteiger partial charge in [-0.05, 0) is 17.7 Å². The third kappa shape index (κ3) is 3.86. The molecule has 11 nitrogen and oxygen atoms in total. The number of ether oxygens (including phenoxy) is 3. The normalized spacial score (nSPS) is 32.2. The second kappa shape index (κ2) is 8.54. The number of rotatable bonds is 4. The van der Waals surface area contributed by atoms with E-state index < -0.39 is 61.1 Å². The van der Waals surface area contributed by atoms with Crippen LogP contribution in [-0.2, 0) is 9.47 Å². The minimum Gasteiger partial charge on any atom is -0.508 e. The summed E-state index contributed by atoms with van der Waals surface area (Å²) >= 11 is 0. The molecule has 11 heteroatoms. The second-order valence-corrected chi connectivity index (χ2v) is 7.59. The molecule has 2 heterocycles. The quantitative estimate of drug-likeness (QED) is 0.312. The Balaban J connectivity index is 1.72. The first-order chi connectivity index (χ1) is 15.2. The number of aliphatic hydroxyl groups is 4. The van der Waals surface area contributed by atoms with E-state index in [1.807, 2.05) is 0 Å². The highest BCUT2D eigenvalue weighted by atomic mass is 16.7. The largest absolute Gasteiger partial charge is 0.508 e. The molecule has 2 aliphatic heterocycles. The summed E-state index contributed by atoms with van der Waals surface area (Å²) < 4.78 is 16.9. The van der Waals surface area contributed by atoms with E-state index in [2.05, 4.69) is 0 Å². The van der Waals surface area contributed by atoms with Crippen molar-refractivity contribution in [2.24, 2.45) is 0 Å². The molecule has 172 valence electrons. The molecule has 0 radical (unpaired) electrons. The van der Waals surface area contributed by atoms with Crippen LogP contribution in [0.3, 0.4) is 0 Å². The monoisotopic (exact) mass is 450 g/mol. The van der Waals surface area contributed by atoms with Crippen LogP contribution in [0.4, 0.5) is 0 Å². The number of benzene rings is 2. The van der Waals surface area contributed by atoms with Crippen LogP contribution in [0.2, 0.25) is 0 Å². The van der Waals surface area contributed by atoms with Crippen molar-refractivity contribution >= 4 is 5.78 Å². The van der Waals surface area contributed by atoms with Crippen molar-refractivity contribution in [3.05, 3.63) is 47.5 Å². The third-order valence-corrected chi connectivity index (χ3v) is 5.45. The van der Waals surface area contributed by atoms with Crippen molar-refractivity contribution in [2.75, 3.05) is 6.61 Å². The Morgan fingerprint density at radius 1 is 0.906 bits per heavy atom. The van der Waals surface area contributed by atoms with Crippen molar-refractivity contribution in [1.29, 1.82) is 0 Å². The molecule has 1 fully saturated rings. The van der Waals surface area contributed by atoms with Crippen molar-refractivity contribution < 1.29 is 54.8 Å². The summed E-state index contributed by atoms with van der Waals surface area (Å²) in [4.78, 5) is 13.3. The van der Waals surface area contributed by atoms with Crippen LogP contribution in [0.1, 0.15) is 22.0 Å². The lowest BCUT2D eigenvalue weighted by Crippen LogP contribution is -2.60. The second-order valence-electron chi connectivity index (χ2n) is 7.59. The first-order valence-corrected chi connectivity index (χ1v) is 9.73. The van der Waals surface area contributed by atoms with E-state index >= 15 is 0 Å². The van der Waals surface area contributed by atoms with Gasteiger partial charge in [0, 0.05) is 12.1 Å². The molecule has 0 spiro atoms. The molecule has 2 aromatic rings. The first kappa shape index (κ1) is 22.3. The summed E-state index contributed by atoms with van der Waals surface area (Å²) in [6, 6.07) is 7.72.